The van der Waals surface area contributed by atoms with Gasteiger partial charge in [-0.15, -0.1) is 0 Å². The predicted octanol–water partition coefficient (Wildman–Crippen LogP) is 3.58. The van der Waals surface area contributed by atoms with Crippen molar-refractivity contribution in [2.45, 2.75) is 0 Å². The molecule has 0 amide bonds. The highest BCUT2D eigenvalue weighted by Crippen LogP contribution is 2.25. The van der Waals surface area contributed by atoms with E-state index in [1.54, 1.807) is 13.3 Å². The molecule has 0 spiro atoms. The number of ether oxygens (including phenoxy) is 2. The second-order valence-corrected chi connectivity index (χ2v) is 6.13. The maximum absolute atomic E-state index is 5.46. The van der Waals surface area contributed by atoms with Crippen molar-refractivity contribution >= 4 is 16.6 Å². The van der Waals surface area contributed by atoms with Crippen LogP contribution in [0, 0.1) is 0 Å². The van der Waals surface area contributed by atoms with E-state index in [0.717, 1.165) is 27.9 Å². The molecule has 1 aromatic carbocycles. The number of benzene rings is 1. The Balaban J connectivity index is 1.46. The number of nitrogens with zero attached hydrogens (tertiary/aromatic N) is 5. The highest BCUT2D eigenvalue weighted by molar-refractivity contribution is 5.82. The van der Waals surface area contributed by atoms with Crippen molar-refractivity contribution in [1.82, 2.24) is 24.5 Å². The van der Waals surface area contributed by atoms with Gasteiger partial charge in [0.1, 0.15) is 17.1 Å². The van der Waals surface area contributed by atoms with Crippen molar-refractivity contribution in [3.63, 3.8) is 0 Å². The molecule has 138 valence electrons. The predicted molar refractivity (Wildman–Crippen MR) is 102 cm³/mol. The topological polar surface area (TPSA) is 87.6 Å². The lowest BCUT2D eigenvalue weighted by atomic mass is 10.2. The fourth-order valence-electron chi connectivity index (χ4n) is 2.93. The van der Waals surface area contributed by atoms with Crippen LogP contribution in [-0.2, 0) is 4.74 Å². The number of rotatable bonds is 5. The average Bonchev–Trinajstić information content (AvgIpc) is 3.40. The van der Waals surface area contributed by atoms with Gasteiger partial charge in [0.15, 0.2) is 6.79 Å². The molecule has 0 bridgehead atoms. The van der Waals surface area contributed by atoms with Crippen LogP contribution >= 0.6 is 0 Å². The van der Waals surface area contributed by atoms with E-state index in [-0.39, 0.29) is 6.79 Å². The highest BCUT2D eigenvalue weighted by atomic mass is 16.7. The number of imidazole rings is 1. The monoisotopic (exact) mass is 373 g/mol. The molecule has 5 aromatic rings. The first-order chi connectivity index (χ1) is 13.8. The Morgan fingerprint density at radius 2 is 2.00 bits per heavy atom. The van der Waals surface area contributed by atoms with Crippen LogP contribution in [0.4, 0.5) is 0 Å². The molecule has 4 heterocycles. The number of hydrogen-bond acceptors (Lipinski definition) is 7. The molecule has 0 radical (unpaired) electrons. The SMILES string of the molecule is COCOc1ccc2nc(-c3noc(-c4ccn5ccnc5c4)n3)ccc2c1. The van der Waals surface area contributed by atoms with Gasteiger partial charge in [0, 0.05) is 36.7 Å². The zero-order valence-electron chi connectivity index (χ0n) is 14.9. The molecule has 0 fully saturated rings. The van der Waals surface area contributed by atoms with Gasteiger partial charge in [-0.25, -0.2) is 9.97 Å². The Morgan fingerprint density at radius 1 is 1.04 bits per heavy atom. The van der Waals surface area contributed by atoms with Gasteiger partial charge in [0.2, 0.25) is 5.82 Å². The first-order valence-corrected chi connectivity index (χ1v) is 8.60. The lowest BCUT2D eigenvalue weighted by Crippen LogP contribution is -1.98. The van der Waals surface area contributed by atoms with E-state index in [9.17, 15) is 0 Å². The van der Waals surface area contributed by atoms with Crippen LogP contribution in [0.15, 0.2) is 65.6 Å². The molecule has 0 saturated heterocycles. The molecule has 0 aliphatic carbocycles. The van der Waals surface area contributed by atoms with E-state index < -0.39 is 0 Å². The zero-order valence-corrected chi connectivity index (χ0v) is 14.9. The Bertz CT molecular complexity index is 1280. The third-order valence-corrected chi connectivity index (χ3v) is 4.30. The standard InChI is InChI=1S/C20H15N5O3/c1-26-12-27-15-3-5-16-13(10-15)2-4-17(22-16)19-23-20(28-24-19)14-6-8-25-9-7-21-18(25)11-14/h2-11H,12H2,1H3. The fourth-order valence-corrected chi connectivity index (χ4v) is 2.93. The summed E-state index contributed by atoms with van der Waals surface area (Å²) in [4.78, 5) is 13.4. The van der Waals surface area contributed by atoms with E-state index >= 15 is 0 Å². The van der Waals surface area contributed by atoms with Gasteiger partial charge < -0.3 is 18.4 Å². The summed E-state index contributed by atoms with van der Waals surface area (Å²) in [5.74, 6) is 1.57. The summed E-state index contributed by atoms with van der Waals surface area (Å²) < 4.78 is 17.7. The molecule has 5 rings (SSSR count). The molecule has 0 aliphatic rings. The number of aromatic nitrogens is 5. The lowest BCUT2D eigenvalue weighted by molar-refractivity contribution is 0.0512. The van der Waals surface area contributed by atoms with E-state index in [4.69, 9.17) is 14.0 Å². The first-order valence-electron chi connectivity index (χ1n) is 8.60. The summed E-state index contributed by atoms with van der Waals surface area (Å²) in [7, 11) is 1.58. The van der Waals surface area contributed by atoms with Gasteiger partial charge in [-0.3, -0.25) is 0 Å². The third-order valence-electron chi connectivity index (χ3n) is 4.30. The van der Waals surface area contributed by atoms with Gasteiger partial charge in [-0.2, -0.15) is 4.98 Å². The summed E-state index contributed by atoms with van der Waals surface area (Å²) in [5.41, 5.74) is 3.06. The Labute approximate surface area is 159 Å². The first kappa shape index (κ1) is 16.4. The molecular weight excluding hydrogens is 358 g/mol. The van der Waals surface area contributed by atoms with Crippen LogP contribution in [0.1, 0.15) is 0 Å². The second-order valence-electron chi connectivity index (χ2n) is 6.13. The van der Waals surface area contributed by atoms with Gasteiger partial charge in [0.25, 0.3) is 5.89 Å². The minimum absolute atomic E-state index is 0.202. The molecule has 4 aromatic heterocycles. The molecule has 8 heteroatoms. The number of hydrogen-bond donors (Lipinski definition) is 0. The summed E-state index contributed by atoms with van der Waals surface area (Å²) in [6.45, 7) is 0.202. The van der Waals surface area contributed by atoms with Crippen molar-refractivity contribution in [2.24, 2.45) is 0 Å². The molecule has 28 heavy (non-hydrogen) atoms. The fraction of sp³-hybridized carbons (Fsp3) is 0.100. The Morgan fingerprint density at radius 3 is 2.93 bits per heavy atom. The molecule has 0 saturated carbocycles. The summed E-state index contributed by atoms with van der Waals surface area (Å²) in [5, 5.41) is 5.03. The van der Waals surface area contributed by atoms with Gasteiger partial charge >= 0.3 is 0 Å². The van der Waals surface area contributed by atoms with E-state index in [1.165, 1.54) is 0 Å². The number of fused-ring (bicyclic) bond motifs is 2. The van der Waals surface area contributed by atoms with Crippen molar-refractivity contribution < 1.29 is 14.0 Å². The maximum Gasteiger partial charge on any atom is 0.258 e. The molecule has 0 unspecified atom stereocenters. The molecule has 0 aliphatic heterocycles. The second kappa shape index (κ2) is 6.75. The van der Waals surface area contributed by atoms with E-state index in [0.29, 0.717) is 17.4 Å². The van der Waals surface area contributed by atoms with Crippen molar-refractivity contribution in [3.05, 3.63) is 61.1 Å². The number of methoxy groups -OCH3 is 1. The van der Waals surface area contributed by atoms with E-state index in [2.05, 4.69) is 20.1 Å². The van der Waals surface area contributed by atoms with Gasteiger partial charge in [-0.05, 0) is 36.4 Å². The molecule has 8 nitrogen and oxygen atoms in total. The third kappa shape index (κ3) is 2.95. The van der Waals surface area contributed by atoms with Crippen LogP contribution in [-0.4, -0.2) is 38.4 Å². The van der Waals surface area contributed by atoms with Crippen molar-refractivity contribution in [1.29, 1.82) is 0 Å². The quantitative estimate of drug-likeness (QED) is 0.435. The minimum atomic E-state index is 0.202. The van der Waals surface area contributed by atoms with Gasteiger partial charge in [0.05, 0.1) is 5.52 Å². The normalized spacial score (nSPS) is 11.3. The molecule has 0 N–H and O–H groups in total. The number of pyridine rings is 2. The van der Waals surface area contributed by atoms with Crippen LogP contribution in [0.3, 0.4) is 0 Å². The van der Waals surface area contributed by atoms with Gasteiger partial charge in [-0.1, -0.05) is 11.2 Å². The Hall–Kier alpha value is -3.78. The minimum Gasteiger partial charge on any atom is -0.468 e. The van der Waals surface area contributed by atoms with E-state index in [1.807, 2.05) is 59.3 Å². The lowest BCUT2D eigenvalue weighted by Gasteiger charge is -2.06. The van der Waals surface area contributed by atoms with Crippen LogP contribution in [0.2, 0.25) is 0 Å². The Kier molecular flexibility index (Phi) is 3.95. The summed E-state index contributed by atoms with van der Waals surface area (Å²) >= 11 is 0. The summed E-state index contributed by atoms with van der Waals surface area (Å²) in [6.07, 6.45) is 5.52. The molecular formula is C20H15N5O3. The maximum atomic E-state index is 5.46. The highest BCUT2D eigenvalue weighted by Gasteiger charge is 2.13. The largest absolute Gasteiger partial charge is 0.468 e. The van der Waals surface area contributed by atoms with Crippen molar-refractivity contribution in [3.8, 4) is 28.7 Å². The summed E-state index contributed by atoms with van der Waals surface area (Å²) in [6, 6.07) is 13.2. The average molecular weight is 373 g/mol. The van der Waals surface area contributed by atoms with Crippen LogP contribution in [0.5, 0.6) is 5.75 Å². The smallest absolute Gasteiger partial charge is 0.258 e. The van der Waals surface area contributed by atoms with Crippen LogP contribution < -0.4 is 4.74 Å². The zero-order chi connectivity index (χ0) is 18.9. The van der Waals surface area contributed by atoms with Crippen LogP contribution in [0.25, 0.3) is 39.5 Å². The molecule has 0 atom stereocenters. The van der Waals surface area contributed by atoms with Crippen molar-refractivity contribution in [2.75, 3.05) is 13.9 Å².